The molecule has 0 N–H and O–H groups in total. The fourth-order valence-corrected chi connectivity index (χ4v) is 5.04. The van der Waals surface area contributed by atoms with Crippen LogP contribution >= 0.6 is 15.9 Å². The van der Waals surface area contributed by atoms with Crippen molar-refractivity contribution in [3.05, 3.63) is 82.3 Å². The van der Waals surface area contributed by atoms with Crippen LogP contribution in [0, 0.1) is 6.92 Å². The van der Waals surface area contributed by atoms with Gasteiger partial charge in [0.15, 0.2) is 0 Å². The van der Waals surface area contributed by atoms with E-state index in [0.29, 0.717) is 6.61 Å². The van der Waals surface area contributed by atoms with E-state index in [4.69, 9.17) is 9.72 Å². The molecule has 5 rings (SSSR count). The molecule has 0 atom stereocenters. The number of hydrogen-bond acceptors (Lipinski definition) is 3. The molecule has 0 radical (unpaired) electrons. The Bertz CT molecular complexity index is 1240. The van der Waals surface area contributed by atoms with Crippen LogP contribution in [-0.4, -0.2) is 40.7 Å². The Kier molecular flexibility index (Phi) is 6.79. The first-order valence-corrected chi connectivity index (χ1v) is 12.6. The minimum absolute atomic E-state index is 0.717. The second-order valence-electron chi connectivity index (χ2n) is 8.88. The van der Waals surface area contributed by atoms with Crippen molar-refractivity contribution in [1.82, 2.24) is 14.5 Å². The van der Waals surface area contributed by atoms with Crippen molar-refractivity contribution in [3.63, 3.8) is 0 Å². The van der Waals surface area contributed by atoms with Crippen molar-refractivity contribution in [2.75, 3.05) is 26.2 Å². The molecule has 170 valence electrons. The van der Waals surface area contributed by atoms with Gasteiger partial charge >= 0.3 is 0 Å². The Hall–Kier alpha value is -2.63. The Morgan fingerprint density at radius 2 is 1.79 bits per heavy atom. The molecule has 1 saturated heterocycles. The highest BCUT2D eigenvalue weighted by molar-refractivity contribution is 9.10. The van der Waals surface area contributed by atoms with Gasteiger partial charge in [0.05, 0.1) is 17.6 Å². The van der Waals surface area contributed by atoms with E-state index >= 15 is 0 Å². The van der Waals surface area contributed by atoms with Crippen molar-refractivity contribution >= 4 is 27.0 Å². The van der Waals surface area contributed by atoms with Crippen LogP contribution in [-0.2, 0) is 6.54 Å². The number of aromatic nitrogens is 2. The van der Waals surface area contributed by atoms with E-state index in [-0.39, 0.29) is 0 Å². The smallest absolute Gasteiger partial charge is 0.141 e. The highest BCUT2D eigenvalue weighted by Crippen LogP contribution is 2.30. The number of fused-ring (bicyclic) bond motifs is 1. The van der Waals surface area contributed by atoms with Crippen molar-refractivity contribution < 1.29 is 4.74 Å². The van der Waals surface area contributed by atoms with Crippen molar-refractivity contribution in [3.8, 4) is 17.1 Å². The fourth-order valence-electron chi connectivity index (χ4n) is 4.63. The monoisotopic (exact) mass is 503 g/mol. The number of nitrogens with zero attached hydrogens (tertiary/aromatic N) is 3. The number of benzene rings is 3. The number of halogens is 1. The average molecular weight is 504 g/mol. The largest absolute Gasteiger partial charge is 0.492 e. The number of piperidine rings is 1. The summed E-state index contributed by atoms with van der Waals surface area (Å²) in [6.45, 7) is 6.95. The molecule has 1 aromatic heterocycles. The van der Waals surface area contributed by atoms with Gasteiger partial charge in [0.25, 0.3) is 0 Å². The molecule has 0 aliphatic carbocycles. The lowest BCUT2D eigenvalue weighted by molar-refractivity contribution is 0.183. The molecule has 1 fully saturated rings. The summed E-state index contributed by atoms with van der Waals surface area (Å²) >= 11 is 3.72. The standard InChI is InChI=1S/C28H30BrN3O/c1-21-8-7-10-22(18-21)28-30-26-13-12-24(33-17-16-31-14-5-2-6-15-31)19-27(26)32(28)20-23-9-3-4-11-25(23)29/h3-4,7-13,18-19H,2,5-6,14-17,20H2,1H3. The number of likely N-dealkylation sites (tertiary alicyclic amines) is 1. The van der Waals surface area contributed by atoms with Gasteiger partial charge in [0, 0.05) is 22.6 Å². The third kappa shape index (κ3) is 5.15. The lowest BCUT2D eigenvalue weighted by Gasteiger charge is -2.26. The van der Waals surface area contributed by atoms with Gasteiger partial charge in [0.1, 0.15) is 18.2 Å². The van der Waals surface area contributed by atoms with Gasteiger partial charge in [0.2, 0.25) is 0 Å². The molecule has 33 heavy (non-hydrogen) atoms. The zero-order valence-corrected chi connectivity index (χ0v) is 20.7. The van der Waals surface area contributed by atoms with E-state index in [0.717, 1.165) is 45.7 Å². The third-order valence-corrected chi connectivity index (χ3v) is 7.18. The van der Waals surface area contributed by atoms with E-state index in [1.807, 2.05) is 6.07 Å². The third-order valence-electron chi connectivity index (χ3n) is 6.41. The summed E-state index contributed by atoms with van der Waals surface area (Å²) in [4.78, 5) is 7.54. The summed E-state index contributed by atoms with van der Waals surface area (Å²) < 4.78 is 9.60. The molecular weight excluding hydrogens is 474 g/mol. The highest BCUT2D eigenvalue weighted by atomic mass is 79.9. The normalized spacial score (nSPS) is 14.6. The summed E-state index contributed by atoms with van der Waals surface area (Å²) in [5.74, 6) is 1.89. The Balaban J connectivity index is 1.47. The molecule has 4 aromatic rings. The molecule has 2 heterocycles. The van der Waals surface area contributed by atoms with Crippen LogP contribution in [0.5, 0.6) is 5.75 Å². The molecule has 0 unspecified atom stereocenters. The maximum Gasteiger partial charge on any atom is 0.141 e. The van der Waals surface area contributed by atoms with Gasteiger partial charge in [-0.3, -0.25) is 4.90 Å². The SMILES string of the molecule is Cc1cccc(-c2nc3ccc(OCCN4CCCCC4)cc3n2Cc2ccccc2Br)c1. The maximum atomic E-state index is 6.19. The Morgan fingerprint density at radius 3 is 2.61 bits per heavy atom. The zero-order valence-electron chi connectivity index (χ0n) is 19.1. The predicted octanol–water partition coefficient (Wildman–Crippen LogP) is 6.69. The average Bonchev–Trinajstić information content (AvgIpc) is 3.19. The van der Waals surface area contributed by atoms with Crippen LogP contribution < -0.4 is 4.74 Å². The van der Waals surface area contributed by atoms with Crippen LogP contribution in [0.1, 0.15) is 30.4 Å². The molecule has 1 aliphatic rings. The van der Waals surface area contributed by atoms with Gasteiger partial charge in [-0.15, -0.1) is 0 Å². The van der Waals surface area contributed by atoms with E-state index in [9.17, 15) is 0 Å². The molecule has 0 bridgehead atoms. The number of hydrogen-bond donors (Lipinski definition) is 0. The second kappa shape index (κ2) is 10.1. The predicted molar refractivity (Wildman–Crippen MR) is 139 cm³/mol. The highest BCUT2D eigenvalue weighted by Gasteiger charge is 2.16. The molecule has 5 heteroatoms. The van der Waals surface area contributed by atoms with Crippen molar-refractivity contribution in [1.29, 1.82) is 0 Å². The first-order chi connectivity index (χ1) is 16.2. The first-order valence-electron chi connectivity index (χ1n) is 11.8. The summed E-state index contributed by atoms with van der Waals surface area (Å²) in [6, 6.07) is 23.2. The van der Waals surface area contributed by atoms with Gasteiger partial charge in [-0.2, -0.15) is 0 Å². The Labute approximate surface area is 204 Å². The van der Waals surface area contributed by atoms with Crippen LogP contribution in [0.3, 0.4) is 0 Å². The molecule has 3 aromatic carbocycles. The molecule has 0 spiro atoms. The van der Waals surface area contributed by atoms with Crippen LogP contribution in [0.4, 0.5) is 0 Å². The molecule has 0 amide bonds. The van der Waals surface area contributed by atoms with Crippen LogP contribution in [0.15, 0.2) is 71.2 Å². The van der Waals surface area contributed by atoms with Crippen molar-refractivity contribution in [2.45, 2.75) is 32.7 Å². The van der Waals surface area contributed by atoms with E-state index in [2.05, 4.69) is 93.0 Å². The maximum absolute atomic E-state index is 6.19. The molecule has 1 aliphatic heterocycles. The topological polar surface area (TPSA) is 30.3 Å². The summed E-state index contributed by atoms with van der Waals surface area (Å²) in [7, 11) is 0. The van der Waals surface area contributed by atoms with Crippen LogP contribution in [0.2, 0.25) is 0 Å². The molecule has 0 saturated carbocycles. The summed E-state index contributed by atoms with van der Waals surface area (Å²) in [6.07, 6.45) is 3.97. The molecule has 4 nitrogen and oxygen atoms in total. The number of aryl methyl sites for hydroxylation is 1. The lowest BCUT2D eigenvalue weighted by atomic mass is 10.1. The van der Waals surface area contributed by atoms with E-state index < -0.39 is 0 Å². The quantitative estimate of drug-likeness (QED) is 0.281. The summed E-state index contributed by atoms with van der Waals surface area (Å²) in [5, 5.41) is 0. The zero-order chi connectivity index (χ0) is 22.6. The first kappa shape index (κ1) is 22.2. The minimum atomic E-state index is 0.717. The van der Waals surface area contributed by atoms with Crippen molar-refractivity contribution in [2.24, 2.45) is 0 Å². The molecular formula is C28H30BrN3O. The van der Waals surface area contributed by atoms with Gasteiger partial charge < -0.3 is 9.30 Å². The van der Waals surface area contributed by atoms with E-state index in [1.165, 1.54) is 43.5 Å². The Morgan fingerprint density at radius 1 is 0.939 bits per heavy atom. The number of imidazole rings is 1. The van der Waals surface area contributed by atoms with Gasteiger partial charge in [-0.25, -0.2) is 4.98 Å². The van der Waals surface area contributed by atoms with Gasteiger partial charge in [-0.05, 0) is 62.7 Å². The second-order valence-corrected chi connectivity index (χ2v) is 9.74. The van der Waals surface area contributed by atoms with Crippen LogP contribution in [0.25, 0.3) is 22.4 Å². The lowest BCUT2D eigenvalue weighted by Crippen LogP contribution is -2.33. The minimum Gasteiger partial charge on any atom is -0.492 e. The fraction of sp³-hybridized carbons (Fsp3) is 0.321. The summed E-state index contributed by atoms with van der Waals surface area (Å²) in [5.41, 5.74) is 5.67. The number of ether oxygens (including phenoxy) is 1. The van der Waals surface area contributed by atoms with Gasteiger partial charge in [-0.1, -0.05) is 64.3 Å². The number of rotatable bonds is 7. The van der Waals surface area contributed by atoms with E-state index in [1.54, 1.807) is 0 Å².